The standard InChI is InChI=1S/C10H20N2O/c1-7(2)12-9-5-3-4-8(6-9)10(11)13/h7-9,12H,3-6H2,1-2H3,(H2,11,13). The zero-order valence-corrected chi connectivity index (χ0v) is 8.55. The summed E-state index contributed by atoms with van der Waals surface area (Å²) >= 11 is 0. The average Bonchev–Trinajstić information content (AvgIpc) is 2.03. The summed E-state index contributed by atoms with van der Waals surface area (Å²) in [7, 11) is 0. The van der Waals surface area contributed by atoms with Gasteiger partial charge < -0.3 is 11.1 Å². The third kappa shape index (κ3) is 3.35. The van der Waals surface area contributed by atoms with E-state index in [9.17, 15) is 4.79 Å². The van der Waals surface area contributed by atoms with Crippen LogP contribution in [0.2, 0.25) is 0 Å². The smallest absolute Gasteiger partial charge is 0.220 e. The Kier molecular flexibility index (Phi) is 3.72. The third-order valence-corrected chi connectivity index (χ3v) is 2.65. The number of carbonyl (C=O) groups is 1. The van der Waals surface area contributed by atoms with E-state index in [-0.39, 0.29) is 11.8 Å². The third-order valence-electron chi connectivity index (χ3n) is 2.65. The zero-order valence-electron chi connectivity index (χ0n) is 8.55. The number of carbonyl (C=O) groups excluding carboxylic acids is 1. The number of nitrogens with two attached hydrogens (primary N) is 1. The van der Waals surface area contributed by atoms with Crippen LogP contribution in [0, 0.1) is 5.92 Å². The molecule has 0 aliphatic heterocycles. The van der Waals surface area contributed by atoms with Crippen molar-refractivity contribution in [3.63, 3.8) is 0 Å². The van der Waals surface area contributed by atoms with Crippen molar-refractivity contribution in [3.8, 4) is 0 Å². The van der Waals surface area contributed by atoms with Gasteiger partial charge in [-0.25, -0.2) is 0 Å². The number of amides is 1. The van der Waals surface area contributed by atoms with E-state index < -0.39 is 0 Å². The van der Waals surface area contributed by atoms with E-state index in [1.54, 1.807) is 0 Å². The van der Waals surface area contributed by atoms with E-state index in [2.05, 4.69) is 19.2 Å². The fraction of sp³-hybridized carbons (Fsp3) is 0.900. The van der Waals surface area contributed by atoms with Gasteiger partial charge in [0.05, 0.1) is 0 Å². The van der Waals surface area contributed by atoms with Crippen molar-refractivity contribution in [3.05, 3.63) is 0 Å². The Morgan fingerprint density at radius 1 is 1.46 bits per heavy atom. The van der Waals surface area contributed by atoms with Crippen LogP contribution in [0.4, 0.5) is 0 Å². The minimum Gasteiger partial charge on any atom is -0.369 e. The van der Waals surface area contributed by atoms with Crippen molar-refractivity contribution in [2.45, 2.75) is 51.6 Å². The minimum absolute atomic E-state index is 0.102. The molecule has 13 heavy (non-hydrogen) atoms. The maximum absolute atomic E-state index is 11.0. The molecule has 0 bridgehead atoms. The molecule has 1 fully saturated rings. The Morgan fingerprint density at radius 3 is 2.69 bits per heavy atom. The molecule has 1 aliphatic carbocycles. The van der Waals surface area contributed by atoms with Gasteiger partial charge in [0, 0.05) is 18.0 Å². The molecule has 0 aromatic carbocycles. The molecule has 2 atom stereocenters. The van der Waals surface area contributed by atoms with Gasteiger partial charge in [-0.05, 0) is 19.3 Å². The van der Waals surface area contributed by atoms with Gasteiger partial charge >= 0.3 is 0 Å². The molecule has 1 rings (SSSR count). The van der Waals surface area contributed by atoms with E-state index in [1.807, 2.05) is 0 Å². The van der Waals surface area contributed by atoms with Gasteiger partial charge in [-0.3, -0.25) is 4.79 Å². The molecule has 1 aliphatic rings. The first-order valence-electron chi connectivity index (χ1n) is 5.15. The first-order valence-corrected chi connectivity index (χ1v) is 5.15. The molecule has 0 radical (unpaired) electrons. The van der Waals surface area contributed by atoms with Gasteiger partial charge in [0.25, 0.3) is 0 Å². The molecule has 0 heterocycles. The Hall–Kier alpha value is -0.570. The van der Waals surface area contributed by atoms with Crippen molar-refractivity contribution in [1.82, 2.24) is 5.32 Å². The van der Waals surface area contributed by atoms with Crippen molar-refractivity contribution < 1.29 is 4.79 Å². The van der Waals surface area contributed by atoms with Crippen LogP contribution in [0.5, 0.6) is 0 Å². The van der Waals surface area contributed by atoms with Gasteiger partial charge in [0.2, 0.25) is 5.91 Å². The van der Waals surface area contributed by atoms with Gasteiger partial charge in [-0.15, -0.1) is 0 Å². The van der Waals surface area contributed by atoms with Gasteiger partial charge in [0.1, 0.15) is 0 Å². The maximum Gasteiger partial charge on any atom is 0.220 e. The Balaban J connectivity index is 2.37. The molecule has 2 unspecified atom stereocenters. The van der Waals surface area contributed by atoms with E-state index in [0.717, 1.165) is 19.3 Å². The fourth-order valence-electron chi connectivity index (χ4n) is 2.07. The number of primary amides is 1. The van der Waals surface area contributed by atoms with Crippen molar-refractivity contribution >= 4 is 5.91 Å². The van der Waals surface area contributed by atoms with Crippen molar-refractivity contribution in [2.75, 3.05) is 0 Å². The van der Waals surface area contributed by atoms with E-state index >= 15 is 0 Å². The highest BCUT2D eigenvalue weighted by Crippen LogP contribution is 2.24. The van der Waals surface area contributed by atoms with Crippen LogP contribution in [0.1, 0.15) is 39.5 Å². The summed E-state index contributed by atoms with van der Waals surface area (Å²) in [4.78, 5) is 11.0. The van der Waals surface area contributed by atoms with Crippen molar-refractivity contribution in [1.29, 1.82) is 0 Å². The molecule has 3 heteroatoms. The number of hydrogen-bond acceptors (Lipinski definition) is 2. The lowest BCUT2D eigenvalue weighted by atomic mass is 9.85. The SMILES string of the molecule is CC(C)NC1CCCC(C(N)=O)C1. The molecular formula is C10H20N2O. The van der Waals surface area contributed by atoms with E-state index in [1.165, 1.54) is 6.42 Å². The monoisotopic (exact) mass is 184 g/mol. The van der Waals surface area contributed by atoms with Crippen LogP contribution < -0.4 is 11.1 Å². The van der Waals surface area contributed by atoms with Crippen LogP contribution >= 0.6 is 0 Å². The molecule has 0 spiro atoms. The predicted octanol–water partition coefficient (Wildman–Crippen LogP) is 1.03. The summed E-state index contributed by atoms with van der Waals surface area (Å²) in [6.45, 7) is 4.27. The first-order chi connectivity index (χ1) is 6.09. The largest absolute Gasteiger partial charge is 0.369 e. The van der Waals surface area contributed by atoms with Gasteiger partial charge in [0.15, 0.2) is 0 Å². The Morgan fingerprint density at radius 2 is 2.15 bits per heavy atom. The fourth-order valence-corrected chi connectivity index (χ4v) is 2.07. The molecular weight excluding hydrogens is 164 g/mol. The predicted molar refractivity (Wildman–Crippen MR) is 53.2 cm³/mol. The van der Waals surface area contributed by atoms with Gasteiger partial charge in [-0.2, -0.15) is 0 Å². The lowest BCUT2D eigenvalue weighted by molar-refractivity contribution is -0.122. The second kappa shape index (κ2) is 4.61. The van der Waals surface area contributed by atoms with Crippen LogP contribution in [-0.4, -0.2) is 18.0 Å². The normalized spacial score (nSPS) is 29.2. The van der Waals surface area contributed by atoms with Gasteiger partial charge in [-0.1, -0.05) is 20.3 Å². The molecule has 76 valence electrons. The van der Waals surface area contributed by atoms with Crippen LogP contribution in [0.3, 0.4) is 0 Å². The molecule has 1 amide bonds. The Labute approximate surface area is 80.1 Å². The summed E-state index contributed by atoms with van der Waals surface area (Å²) in [5, 5.41) is 3.46. The topological polar surface area (TPSA) is 55.1 Å². The number of hydrogen-bond donors (Lipinski definition) is 2. The first kappa shape index (κ1) is 10.5. The lowest BCUT2D eigenvalue weighted by Crippen LogP contribution is -2.41. The minimum atomic E-state index is -0.129. The van der Waals surface area contributed by atoms with E-state index in [0.29, 0.717) is 12.1 Å². The Bertz CT molecular complexity index is 180. The molecule has 1 saturated carbocycles. The van der Waals surface area contributed by atoms with Crippen LogP contribution in [-0.2, 0) is 4.79 Å². The molecule has 0 saturated heterocycles. The molecule has 0 aromatic heterocycles. The molecule has 3 N–H and O–H groups in total. The second-order valence-electron chi connectivity index (χ2n) is 4.28. The number of rotatable bonds is 3. The van der Waals surface area contributed by atoms with Crippen molar-refractivity contribution in [2.24, 2.45) is 11.7 Å². The summed E-state index contributed by atoms with van der Waals surface area (Å²) in [6, 6.07) is 0.989. The quantitative estimate of drug-likeness (QED) is 0.688. The summed E-state index contributed by atoms with van der Waals surface area (Å²) in [5.74, 6) is -0.0275. The maximum atomic E-state index is 11.0. The highest BCUT2D eigenvalue weighted by atomic mass is 16.1. The molecule has 0 aromatic rings. The van der Waals surface area contributed by atoms with Crippen LogP contribution in [0.25, 0.3) is 0 Å². The number of nitrogens with one attached hydrogen (secondary N) is 1. The second-order valence-corrected chi connectivity index (χ2v) is 4.28. The zero-order chi connectivity index (χ0) is 9.84. The highest BCUT2D eigenvalue weighted by molar-refractivity contribution is 5.76. The summed E-state index contributed by atoms with van der Waals surface area (Å²) in [6.07, 6.45) is 4.21. The highest BCUT2D eigenvalue weighted by Gasteiger charge is 2.25. The molecule has 3 nitrogen and oxygen atoms in total. The lowest BCUT2D eigenvalue weighted by Gasteiger charge is -2.29. The van der Waals surface area contributed by atoms with E-state index in [4.69, 9.17) is 5.73 Å². The summed E-state index contributed by atoms with van der Waals surface area (Å²) < 4.78 is 0. The van der Waals surface area contributed by atoms with Crippen LogP contribution in [0.15, 0.2) is 0 Å². The average molecular weight is 184 g/mol. The summed E-state index contributed by atoms with van der Waals surface area (Å²) in [5.41, 5.74) is 5.29.